The summed E-state index contributed by atoms with van der Waals surface area (Å²) < 4.78 is 0. The van der Waals surface area contributed by atoms with E-state index in [0.29, 0.717) is 24.8 Å². The van der Waals surface area contributed by atoms with Crippen molar-refractivity contribution in [2.24, 2.45) is 17.3 Å². The number of carbonyl (C=O) groups is 2. The van der Waals surface area contributed by atoms with Crippen LogP contribution in [-0.4, -0.2) is 41.2 Å². The Bertz CT molecular complexity index is 621. The van der Waals surface area contributed by atoms with Crippen molar-refractivity contribution in [1.29, 1.82) is 0 Å². The van der Waals surface area contributed by atoms with Gasteiger partial charge in [0.05, 0.1) is 0 Å². The topological polar surface area (TPSA) is 40.6 Å². The molecular weight excluding hydrogens is 312 g/mol. The molecule has 2 saturated heterocycles. The third-order valence-electron chi connectivity index (χ3n) is 5.60. The smallest absolute Gasteiger partial charge is 0.227 e. The van der Waals surface area contributed by atoms with Crippen LogP contribution >= 0.6 is 0 Å². The molecule has 0 spiro atoms. The fourth-order valence-corrected chi connectivity index (χ4v) is 4.11. The van der Waals surface area contributed by atoms with Crippen LogP contribution in [-0.2, 0) is 16.1 Å². The Labute approximate surface area is 151 Å². The number of carbonyl (C=O) groups excluding carboxylic acids is 2. The first-order chi connectivity index (χ1) is 11.8. The maximum atomic E-state index is 12.7. The van der Waals surface area contributed by atoms with Crippen LogP contribution in [0.5, 0.6) is 0 Å². The zero-order valence-electron chi connectivity index (χ0n) is 15.7. The molecule has 136 valence electrons. The summed E-state index contributed by atoms with van der Waals surface area (Å²) in [7, 11) is 0. The van der Waals surface area contributed by atoms with Gasteiger partial charge in [-0.15, -0.1) is 0 Å². The highest BCUT2D eigenvalue weighted by Crippen LogP contribution is 2.34. The molecule has 0 aliphatic carbocycles. The Morgan fingerprint density at radius 3 is 2.44 bits per heavy atom. The van der Waals surface area contributed by atoms with Crippen molar-refractivity contribution in [3.8, 4) is 0 Å². The van der Waals surface area contributed by atoms with E-state index >= 15 is 0 Å². The second kappa shape index (κ2) is 7.19. The standard InChI is InChI=1S/C21H30N2O2/c1-21(2,3)20(25)23-12-9-17-13-19(24)22(11-10-18(17)15-23)14-16-7-5-4-6-8-16/h4-8,17-18H,9-15H2,1-3H3/t17-,18-/m0/s1. The van der Waals surface area contributed by atoms with E-state index in [1.165, 1.54) is 5.56 Å². The normalized spacial score (nSPS) is 24.7. The van der Waals surface area contributed by atoms with Crippen LogP contribution < -0.4 is 0 Å². The largest absolute Gasteiger partial charge is 0.342 e. The number of hydrogen-bond acceptors (Lipinski definition) is 2. The predicted molar refractivity (Wildman–Crippen MR) is 98.7 cm³/mol. The van der Waals surface area contributed by atoms with Gasteiger partial charge < -0.3 is 9.80 Å². The Morgan fingerprint density at radius 1 is 1.08 bits per heavy atom. The summed E-state index contributed by atoms with van der Waals surface area (Å²) in [5.74, 6) is 1.39. The van der Waals surface area contributed by atoms with Crippen LogP contribution in [0, 0.1) is 17.3 Å². The van der Waals surface area contributed by atoms with Crippen LogP contribution in [0.4, 0.5) is 0 Å². The molecule has 2 fully saturated rings. The Morgan fingerprint density at radius 2 is 1.76 bits per heavy atom. The lowest BCUT2D eigenvalue weighted by molar-refractivity contribution is -0.142. The molecule has 0 radical (unpaired) electrons. The molecule has 1 aromatic carbocycles. The molecule has 2 heterocycles. The fourth-order valence-electron chi connectivity index (χ4n) is 4.11. The zero-order valence-corrected chi connectivity index (χ0v) is 15.7. The van der Waals surface area contributed by atoms with Crippen molar-refractivity contribution >= 4 is 11.8 Å². The number of fused-ring (bicyclic) bond motifs is 1. The molecule has 0 N–H and O–H groups in total. The van der Waals surface area contributed by atoms with E-state index in [0.717, 1.165) is 32.5 Å². The lowest BCUT2D eigenvalue weighted by Gasteiger charge is -2.40. The van der Waals surface area contributed by atoms with Crippen molar-refractivity contribution in [3.05, 3.63) is 35.9 Å². The van der Waals surface area contributed by atoms with Gasteiger partial charge in [0.15, 0.2) is 0 Å². The highest BCUT2D eigenvalue weighted by molar-refractivity contribution is 5.81. The molecule has 3 rings (SSSR count). The monoisotopic (exact) mass is 342 g/mol. The van der Waals surface area contributed by atoms with Crippen molar-refractivity contribution in [2.75, 3.05) is 19.6 Å². The van der Waals surface area contributed by atoms with E-state index in [2.05, 4.69) is 12.1 Å². The molecule has 2 aliphatic heterocycles. The predicted octanol–water partition coefficient (Wildman–Crippen LogP) is 3.32. The highest BCUT2D eigenvalue weighted by atomic mass is 16.2. The van der Waals surface area contributed by atoms with E-state index in [4.69, 9.17) is 0 Å². The summed E-state index contributed by atoms with van der Waals surface area (Å²) in [4.78, 5) is 29.3. The molecule has 4 heteroatoms. The summed E-state index contributed by atoms with van der Waals surface area (Å²) in [6.07, 6.45) is 2.59. The Hall–Kier alpha value is -1.84. The van der Waals surface area contributed by atoms with Gasteiger partial charge in [-0.05, 0) is 30.2 Å². The maximum absolute atomic E-state index is 12.7. The molecule has 0 saturated carbocycles. The summed E-state index contributed by atoms with van der Waals surface area (Å²) in [5, 5.41) is 0. The van der Waals surface area contributed by atoms with Crippen molar-refractivity contribution < 1.29 is 9.59 Å². The van der Waals surface area contributed by atoms with Gasteiger partial charge in [0.25, 0.3) is 0 Å². The molecular formula is C21H30N2O2. The van der Waals surface area contributed by atoms with Crippen molar-refractivity contribution in [3.63, 3.8) is 0 Å². The molecule has 2 atom stereocenters. The Balaban J connectivity index is 1.65. The van der Waals surface area contributed by atoms with Crippen molar-refractivity contribution in [2.45, 2.75) is 46.6 Å². The first kappa shape index (κ1) is 18.0. The first-order valence-electron chi connectivity index (χ1n) is 9.45. The molecule has 2 aliphatic rings. The third kappa shape index (κ3) is 4.23. The molecule has 2 amide bonds. The number of benzene rings is 1. The molecule has 0 unspecified atom stereocenters. The van der Waals surface area contributed by atoms with E-state index in [-0.39, 0.29) is 17.2 Å². The number of hydrogen-bond donors (Lipinski definition) is 0. The number of piperidine rings is 1. The summed E-state index contributed by atoms with van der Waals surface area (Å²) in [5.41, 5.74) is 0.859. The summed E-state index contributed by atoms with van der Waals surface area (Å²) in [6, 6.07) is 10.2. The average Bonchev–Trinajstić information content (AvgIpc) is 2.73. The van der Waals surface area contributed by atoms with Gasteiger partial charge in [-0.3, -0.25) is 9.59 Å². The number of amides is 2. The van der Waals surface area contributed by atoms with Crippen LogP contribution in [0.25, 0.3) is 0 Å². The van der Waals surface area contributed by atoms with Gasteiger partial charge >= 0.3 is 0 Å². The minimum absolute atomic E-state index is 0.239. The lowest BCUT2D eigenvalue weighted by atomic mass is 9.81. The van der Waals surface area contributed by atoms with Crippen LogP contribution in [0.3, 0.4) is 0 Å². The molecule has 25 heavy (non-hydrogen) atoms. The van der Waals surface area contributed by atoms with Crippen LogP contribution in [0.2, 0.25) is 0 Å². The summed E-state index contributed by atoms with van der Waals surface area (Å²) >= 11 is 0. The third-order valence-corrected chi connectivity index (χ3v) is 5.60. The number of rotatable bonds is 2. The first-order valence-corrected chi connectivity index (χ1v) is 9.45. The molecule has 0 bridgehead atoms. The van der Waals surface area contributed by atoms with Gasteiger partial charge in [0, 0.05) is 38.0 Å². The zero-order chi connectivity index (χ0) is 18.0. The van der Waals surface area contributed by atoms with Gasteiger partial charge in [0.2, 0.25) is 11.8 Å². The molecule has 1 aromatic rings. The lowest BCUT2D eigenvalue weighted by Crippen LogP contribution is -2.47. The van der Waals surface area contributed by atoms with Crippen molar-refractivity contribution in [1.82, 2.24) is 9.80 Å². The van der Waals surface area contributed by atoms with E-state index in [1.807, 2.05) is 48.8 Å². The summed E-state index contributed by atoms with van der Waals surface area (Å²) in [6.45, 7) is 9.06. The van der Waals surface area contributed by atoms with E-state index < -0.39 is 0 Å². The number of nitrogens with zero attached hydrogens (tertiary/aromatic N) is 2. The van der Waals surface area contributed by atoms with E-state index in [1.54, 1.807) is 0 Å². The SMILES string of the molecule is CC(C)(C)C(=O)N1CC[C@H]2CC(=O)N(Cc3ccccc3)CC[C@H]2C1. The van der Waals surface area contributed by atoms with Gasteiger partial charge in [0.1, 0.15) is 0 Å². The second-order valence-corrected chi connectivity index (χ2v) is 8.60. The van der Waals surface area contributed by atoms with E-state index in [9.17, 15) is 9.59 Å². The van der Waals surface area contributed by atoms with Crippen LogP contribution in [0.15, 0.2) is 30.3 Å². The Kier molecular flexibility index (Phi) is 5.16. The van der Waals surface area contributed by atoms with Crippen LogP contribution in [0.1, 0.15) is 45.6 Å². The van der Waals surface area contributed by atoms with Gasteiger partial charge in [-0.1, -0.05) is 51.1 Å². The van der Waals surface area contributed by atoms with Gasteiger partial charge in [-0.2, -0.15) is 0 Å². The molecule has 0 aromatic heterocycles. The molecule has 4 nitrogen and oxygen atoms in total. The van der Waals surface area contributed by atoms with Gasteiger partial charge in [-0.25, -0.2) is 0 Å². The second-order valence-electron chi connectivity index (χ2n) is 8.60. The fraction of sp³-hybridized carbons (Fsp3) is 0.619. The maximum Gasteiger partial charge on any atom is 0.227 e. The minimum Gasteiger partial charge on any atom is -0.342 e. The average molecular weight is 342 g/mol. The quantitative estimate of drug-likeness (QED) is 0.827. The highest BCUT2D eigenvalue weighted by Gasteiger charge is 2.38. The minimum atomic E-state index is -0.327. The number of likely N-dealkylation sites (tertiary alicyclic amines) is 2.